The van der Waals surface area contributed by atoms with E-state index in [4.69, 9.17) is 16.3 Å². The van der Waals surface area contributed by atoms with Gasteiger partial charge in [-0.05, 0) is 55.8 Å². The Morgan fingerprint density at radius 3 is 2.71 bits per heavy atom. The quantitative estimate of drug-likeness (QED) is 0.346. The Morgan fingerprint density at radius 2 is 2.06 bits per heavy atom. The van der Waals surface area contributed by atoms with Crippen molar-refractivity contribution in [2.45, 2.75) is 38.0 Å². The highest BCUT2D eigenvalue weighted by Crippen LogP contribution is 2.40. The Kier molecular flexibility index (Phi) is 5.40. The second kappa shape index (κ2) is 8.28. The largest absolute Gasteiger partial charge is 0.487 e. The number of rotatable bonds is 6. The summed E-state index contributed by atoms with van der Waals surface area (Å²) < 4.78 is 38.0. The predicted molar refractivity (Wildman–Crippen MR) is 123 cm³/mol. The summed E-state index contributed by atoms with van der Waals surface area (Å²) in [5, 5.41) is 9.76. The van der Waals surface area contributed by atoms with Crippen LogP contribution in [0, 0.1) is 0 Å². The molecule has 1 aliphatic heterocycles. The van der Waals surface area contributed by atoms with Crippen LogP contribution in [-0.4, -0.2) is 37.3 Å². The molecule has 0 fully saturated rings. The molecule has 2 aromatic heterocycles. The van der Waals surface area contributed by atoms with Crippen LogP contribution in [0.25, 0.3) is 22.3 Å². The van der Waals surface area contributed by atoms with Crippen LogP contribution in [0.5, 0.6) is 11.8 Å². The smallest absolute Gasteiger partial charge is 0.459 e. The molecule has 34 heavy (non-hydrogen) atoms. The summed E-state index contributed by atoms with van der Waals surface area (Å²) in [6.45, 7) is 4.14. The molecule has 0 saturated heterocycles. The van der Waals surface area contributed by atoms with Crippen LogP contribution in [-0.2, 0) is 0 Å². The third kappa shape index (κ3) is 4.05. The van der Waals surface area contributed by atoms with Crippen molar-refractivity contribution >= 4 is 34.2 Å². The van der Waals surface area contributed by atoms with Gasteiger partial charge in [0.15, 0.2) is 0 Å². The van der Waals surface area contributed by atoms with Crippen molar-refractivity contribution in [1.82, 2.24) is 19.7 Å². The summed E-state index contributed by atoms with van der Waals surface area (Å²) in [7, 11) is 0. The van der Waals surface area contributed by atoms with Crippen molar-refractivity contribution in [3.8, 4) is 23.0 Å². The minimum Gasteiger partial charge on any atom is -0.459 e. The SMILES string of the molecule is CC[C@H]1Oc2nc3cc(C(=O)Nc4ccc(OC(F)(F)Cl)cc4)cc(-c4ccn[nH]4)c3n2[C@H]1C. The molecule has 5 rings (SSSR count). The molecule has 3 heterocycles. The fourth-order valence-electron chi connectivity index (χ4n) is 4.18. The number of halogens is 3. The first kappa shape index (κ1) is 22.1. The van der Waals surface area contributed by atoms with Gasteiger partial charge in [0.05, 0.1) is 22.8 Å². The van der Waals surface area contributed by atoms with Crippen LogP contribution in [0.4, 0.5) is 14.5 Å². The average Bonchev–Trinajstić information content (AvgIpc) is 3.50. The van der Waals surface area contributed by atoms with Crippen LogP contribution < -0.4 is 14.8 Å². The van der Waals surface area contributed by atoms with Gasteiger partial charge in [-0.25, -0.2) is 0 Å². The Morgan fingerprint density at radius 1 is 1.29 bits per heavy atom. The lowest BCUT2D eigenvalue weighted by Crippen LogP contribution is -2.18. The van der Waals surface area contributed by atoms with E-state index in [1.807, 2.05) is 10.6 Å². The van der Waals surface area contributed by atoms with E-state index in [1.54, 1.807) is 18.3 Å². The topological polar surface area (TPSA) is 94.1 Å². The normalized spacial score (nSPS) is 17.4. The monoisotopic (exact) mass is 487 g/mol. The van der Waals surface area contributed by atoms with Crippen molar-refractivity contribution in [2.24, 2.45) is 0 Å². The van der Waals surface area contributed by atoms with Crippen molar-refractivity contribution in [1.29, 1.82) is 0 Å². The summed E-state index contributed by atoms with van der Waals surface area (Å²) in [6.07, 6.45) is 2.51. The van der Waals surface area contributed by atoms with Crippen LogP contribution >= 0.6 is 11.6 Å². The molecule has 2 N–H and O–H groups in total. The van der Waals surface area contributed by atoms with Gasteiger partial charge in [0.2, 0.25) is 0 Å². The van der Waals surface area contributed by atoms with Gasteiger partial charge in [0.1, 0.15) is 11.9 Å². The zero-order valence-electron chi connectivity index (χ0n) is 18.2. The number of carbonyl (C=O) groups is 1. The number of amides is 1. The van der Waals surface area contributed by atoms with E-state index in [9.17, 15) is 13.6 Å². The first-order valence-corrected chi connectivity index (χ1v) is 11.0. The standard InChI is InChI=1S/C23H20ClF2N5O3/c1-3-19-12(2)31-20-16(17-8-9-27-30-17)10-13(11-18(20)29-22(31)33-19)21(32)28-14-4-6-15(7-5-14)34-23(24,25)26/h4-12,19H,3H2,1-2H3,(H,27,30)(H,28,32)/t12-,19+/m0/s1. The summed E-state index contributed by atoms with van der Waals surface area (Å²) in [4.78, 5) is 17.7. The number of H-pyrrole nitrogens is 1. The number of nitrogens with one attached hydrogen (secondary N) is 2. The Balaban J connectivity index is 1.49. The molecular weight excluding hydrogens is 468 g/mol. The van der Waals surface area contributed by atoms with Crippen LogP contribution in [0.1, 0.15) is 36.7 Å². The van der Waals surface area contributed by atoms with Gasteiger partial charge in [-0.2, -0.15) is 10.1 Å². The van der Waals surface area contributed by atoms with Gasteiger partial charge in [-0.3, -0.25) is 14.5 Å². The third-order valence-electron chi connectivity index (χ3n) is 5.76. The van der Waals surface area contributed by atoms with Gasteiger partial charge >= 0.3 is 5.57 Å². The molecule has 0 radical (unpaired) electrons. The van der Waals surface area contributed by atoms with E-state index in [0.717, 1.165) is 23.2 Å². The van der Waals surface area contributed by atoms with Crippen molar-refractivity contribution < 1.29 is 23.0 Å². The Bertz CT molecular complexity index is 1350. The Hall–Kier alpha value is -3.66. The molecule has 0 unspecified atom stereocenters. The molecule has 0 bridgehead atoms. The van der Waals surface area contributed by atoms with E-state index in [-0.39, 0.29) is 17.9 Å². The van der Waals surface area contributed by atoms with Crippen molar-refractivity contribution in [2.75, 3.05) is 5.32 Å². The Labute approximate surface area is 197 Å². The number of aromatic amines is 1. The molecule has 0 spiro atoms. The molecule has 176 valence electrons. The zero-order valence-corrected chi connectivity index (χ0v) is 18.9. The summed E-state index contributed by atoms with van der Waals surface area (Å²) in [6, 6.07) is 11.3. The highest BCUT2D eigenvalue weighted by Gasteiger charge is 2.34. The van der Waals surface area contributed by atoms with Gasteiger partial charge in [-0.1, -0.05) is 6.92 Å². The highest BCUT2D eigenvalue weighted by molar-refractivity contribution is 6.20. The number of anilines is 1. The molecule has 2 atom stereocenters. The number of hydrogen-bond donors (Lipinski definition) is 2. The van der Waals surface area contributed by atoms with Crippen molar-refractivity contribution in [3.63, 3.8) is 0 Å². The minimum atomic E-state index is -3.81. The van der Waals surface area contributed by atoms with E-state index in [0.29, 0.717) is 22.8 Å². The van der Waals surface area contributed by atoms with E-state index >= 15 is 0 Å². The van der Waals surface area contributed by atoms with E-state index in [2.05, 4.69) is 39.1 Å². The van der Waals surface area contributed by atoms with Crippen molar-refractivity contribution in [3.05, 3.63) is 54.2 Å². The highest BCUT2D eigenvalue weighted by atomic mass is 35.5. The fraction of sp³-hybridized carbons (Fsp3) is 0.261. The molecule has 2 aromatic carbocycles. The van der Waals surface area contributed by atoms with E-state index in [1.165, 1.54) is 24.3 Å². The first-order valence-electron chi connectivity index (χ1n) is 10.6. The molecule has 0 aliphatic carbocycles. The number of fused-ring (bicyclic) bond motifs is 3. The number of imidazole rings is 1. The van der Waals surface area contributed by atoms with Gasteiger partial charge in [0, 0.05) is 34.6 Å². The second-order valence-electron chi connectivity index (χ2n) is 7.96. The van der Waals surface area contributed by atoms with Gasteiger partial charge in [0.25, 0.3) is 11.9 Å². The minimum absolute atomic E-state index is 0.0233. The van der Waals surface area contributed by atoms with Crippen LogP contribution in [0.2, 0.25) is 0 Å². The van der Waals surface area contributed by atoms with Crippen LogP contribution in [0.3, 0.4) is 0 Å². The number of carbonyl (C=O) groups excluding carboxylic acids is 1. The lowest BCUT2D eigenvalue weighted by atomic mass is 10.0. The molecule has 4 aromatic rings. The maximum atomic E-state index is 13.1. The van der Waals surface area contributed by atoms with Gasteiger partial charge in [-0.15, -0.1) is 8.78 Å². The molecule has 1 amide bonds. The summed E-state index contributed by atoms with van der Waals surface area (Å²) in [5.41, 5.74) is -0.0942. The molecule has 8 nitrogen and oxygen atoms in total. The molecule has 0 saturated carbocycles. The maximum absolute atomic E-state index is 13.1. The number of hydrogen-bond acceptors (Lipinski definition) is 5. The van der Waals surface area contributed by atoms with Gasteiger partial charge < -0.3 is 14.8 Å². The zero-order chi connectivity index (χ0) is 24.0. The number of alkyl halides is 3. The van der Waals surface area contributed by atoms with Crippen LogP contribution in [0.15, 0.2) is 48.7 Å². The maximum Gasteiger partial charge on any atom is 0.487 e. The fourth-order valence-corrected chi connectivity index (χ4v) is 4.27. The third-order valence-corrected chi connectivity index (χ3v) is 5.83. The lowest BCUT2D eigenvalue weighted by Gasteiger charge is -2.15. The second-order valence-corrected chi connectivity index (χ2v) is 8.40. The number of aromatic nitrogens is 4. The number of nitrogens with zero attached hydrogens (tertiary/aromatic N) is 3. The number of ether oxygens (including phenoxy) is 2. The van der Waals surface area contributed by atoms with E-state index < -0.39 is 11.5 Å². The molecule has 11 heteroatoms. The predicted octanol–water partition coefficient (Wildman–Crippen LogP) is 5.58. The molecule has 1 aliphatic rings. The summed E-state index contributed by atoms with van der Waals surface area (Å²) in [5.74, 6) is -0.527. The molecular formula is C23H20ClF2N5O3. The average molecular weight is 488 g/mol. The summed E-state index contributed by atoms with van der Waals surface area (Å²) >= 11 is 4.78. The number of benzene rings is 2. The first-order chi connectivity index (χ1) is 16.2. The lowest BCUT2D eigenvalue weighted by molar-refractivity contribution is -0.0964.